The second-order valence-corrected chi connectivity index (χ2v) is 6.87. The Balaban J connectivity index is 1.45. The Kier molecular flexibility index (Phi) is 4.80. The van der Waals surface area contributed by atoms with Crippen LogP contribution in [0.4, 0.5) is 5.82 Å². The Morgan fingerprint density at radius 1 is 1.04 bits per heavy atom. The van der Waals surface area contributed by atoms with Gasteiger partial charge in [0.05, 0.1) is 12.8 Å². The van der Waals surface area contributed by atoms with Crippen LogP contribution in [0.15, 0.2) is 66.3 Å². The summed E-state index contributed by atoms with van der Waals surface area (Å²) in [6.07, 6.45) is 2.54. The minimum atomic E-state index is 0.813. The molecule has 130 valence electrons. The van der Waals surface area contributed by atoms with Crippen LogP contribution in [-0.4, -0.2) is 23.6 Å². The summed E-state index contributed by atoms with van der Waals surface area (Å²) in [5.41, 5.74) is 3.37. The summed E-state index contributed by atoms with van der Waals surface area (Å²) in [5, 5.41) is 6.79. The molecule has 0 atom stereocenters. The number of aromatic nitrogens is 2. The molecule has 2 aromatic heterocycles. The molecule has 0 radical (unpaired) electrons. The van der Waals surface area contributed by atoms with E-state index in [-0.39, 0.29) is 0 Å². The molecule has 5 heteroatoms. The molecule has 26 heavy (non-hydrogen) atoms. The van der Waals surface area contributed by atoms with Gasteiger partial charge < -0.3 is 10.1 Å². The lowest BCUT2D eigenvalue weighted by Crippen LogP contribution is -2.06. The lowest BCUT2D eigenvalue weighted by Gasteiger charge is -2.07. The van der Waals surface area contributed by atoms with Crippen LogP contribution in [0.1, 0.15) is 5.56 Å². The number of hydrogen-bond donors (Lipinski definition) is 1. The highest BCUT2D eigenvalue weighted by Gasteiger charge is 2.08. The Morgan fingerprint density at radius 3 is 2.73 bits per heavy atom. The number of fused-ring (bicyclic) bond motifs is 1. The van der Waals surface area contributed by atoms with Crippen molar-refractivity contribution >= 4 is 27.2 Å². The van der Waals surface area contributed by atoms with Crippen molar-refractivity contribution in [3.8, 4) is 17.0 Å². The molecule has 0 saturated carbocycles. The molecule has 0 saturated heterocycles. The van der Waals surface area contributed by atoms with E-state index in [2.05, 4.69) is 57.1 Å². The van der Waals surface area contributed by atoms with Crippen molar-refractivity contribution in [1.29, 1.82) is 0 Å². The monoisotopic (exact) mass is 361 g/mol. The molecule has 4 nitrogen and oxygen atoms in total. The SMILES string of the molecule is COc1ccc(CCNc2cc(-c3csc4ccccc34)ncn2)cc1. The van der Waals surface area contributed by atoms with Crippen LogP contribution < -0.4 is 10.1 Å². The molecule has 4 aromatic rings. The van der Waals surface area contributed by atoms with Gasteiger partial charge in [-0.25, -0.2) is 9.97 Å². The summed E-state index contributed by atoms with van der Waals surface area (Å²) in [6, 6.07) is 18.6. The normalized spacial score (nSPS) is 10.8. The first-order valence-corrected chi connectivity index (χ1v) is 9.37. The third-order valence-corrected chi connectivity index (χ3v) is 5.27. The number of thiophene rings is 1. The zero-order chi connectivity index (χ0) is 17.8. The number of ether oxygens (including phenoxy) is 1. The highest BCUT2D eigenvalue weighted by Crippen LogP contribution is 2.33. The molecule has 2 aromatic carbocycles. The van der Waals surface area contributed by atoms with Crippen LogP contribution in [-0.2, 0) is 6.42 Å². The number of methoxy groups -OCH3 is 1. The van der Waals surface area contributed by atoms with Crippen molar-refractivity contribution in [1.82, 2.24) is 9.97 Å². The van der Waals surface area contributed by atoms with Crippen molar-refractivity contribution in [3.05, 3.63) is 71.9 Å². The molecule has 0 aliphatic rings. The van der Waals surface area contributed by atoms with E-state index in [1.165, 1.54) is 15.6 Å². The maximum Gasteiger partial charge on any atom is 0.129 e. The quantitative estimate of drug-likeness (QED) is 0.524. The van der Waals surface area contributed by atoms with E-state index in [0.717, 1.165) is 35.8 Å². The van der Waals surface area contributed by atoms with E-state index in [9.17, 15) is 0 Å². The molecule has 0 unspecified atom stereocenters. The van der Waals surface area contributed by atoms with Gasteiger partial charge in [0, 0.05) is 33.6 Å². The zero-order valence-corrected chi connectivity index (χ0v) is 15.3. The zero-order valence-electron chi connectivity index (χ0n) is 14.5. The van der Waals surface area contributed by atoms with Gasteiger partial charge in [-0.3, -0.25) is 0 Å². The number of benzene rings is 2. The first-order chi connectivity index (χ1) is 12.8. The Morgan fingerprint density at radius 2 is 1.88 bits per heavy atom. The van der Waals surface area contributed by atoms with Gasteiger partial charge in [-0.2, -0.15) is 0 Å². The molecular weight excluding hydrogens is 342 g/mol. The smallest absolute Gasteiger partial charge is 0.129 e. The molecule has 0 fully saturated rings. The summed E-state index contributed by atoms with van der Waals surface area (Å²) in [5.74, 6) is 1.73. The van der Waals surface area contributed by atoms with Crippen molar-refractivity contribution in [2.24, 2.45) is 0 Å². The van der Waals surface area contributed by atoms with Crippen molar-refractivity contribution in [2.45, 2.75) is 6.42 Å². The van der Waals surface area contributed by atoms with E-state index in [4.69, 9.17) is 4.74 Å². The fourth-order valence-corrected chi connectivity index (χ4v) is 3.86. The highest BCUT2D eigenvalue weighted by atomic mass is 32.1. The third-order valence-electron chi connectivity index (χ3n) is 4.30. The number of nitrogens with zero attached hydrogens (tertiary/aromatic N) is 2. The molecule has 0 bridgehead atoms. The Labute approximate surface area is 156 Å². The molecule has 2 heterocycles. The Bertz CT molecular complexity index is 1010. The standard InChI is InChI=1S/C21H19N3OS/c1-25-16-8-6-15(7-9-16)10-11-22-21-12-19(23-14-24-21)18-13-26-20-5-3-2-4-17(18)20/h2-9,12-14H,10-11H2,1H3,(H,22,23,24). The second-order valence-electron chi connectivity index (χ2n) is 5.96. The van der Waals surface area contributed by atoms with E-state index in [0.29, 0.717) is 0 Å². The van der Waals surface area contributed by atoms with Gasteiger partial charge in [0.25, 0.3) is 0 Å². The highest BCUT2D eigenvalue weighted by molar-refractivity contribution is 7.17. The van der Waals surface area contributed by atoms with Gasteiger partial charge >= 0.3 is 0 Å². The van der Waals surface area contributed by atoms with Gasteiger partial charge in [-0.15, -0.1) is 11.3 Å². The maximum absolute atomic E-state index is 5.19. The minimum Gasteiger partial charge on any atom is -0.497 e. The Hall–Kier alpha value is -2.92. The number of nitrogens with one attached hydrogen (secondary N) is 1. The lowest BCUT2D eigenvalue weighted by molar-refractivity contribution is 0.414. The first kappa shape index (κ1) is 16.5. The van der Waals surface area contributed by atoms with E-state index < -0.39 is 0 Å². The van der Waals surface area contributed by atoms with Crippen molar-refractivity contribution in [3.63, 3.8) is 0 Å². The fraction of sp³-hybridized carbons (Fsp3) is 0.143. The van der Waals surface area contributed by atoms with Crippen molar-refractivity contribution < 1.29 is 4.74 Å². The van der Waals surface area contributed by atoms with Crippen LogP contribution in [0.25, 0.3) is 21.3 Å². The summed E-state index contributed by atoms with van der Waals surface area (Å²) < 4.78 is 6.46. The molecular formula is C21H19N3OS. The summed E-state index contributed by atoms with van der Waals surface area (Å²) in [7, 11) is 1.68. The van der Waals surface area contributed by atoms with Gasteiger partial charge in [0.1, 0.15) is 17.9 Å². The largest absolute Gasteiger partial charge is 0.497 e. The molecule has 0 aliphatic heterocycles. The van der Waals surface area contributed by atoms with Gasteiger partial charge in [-0.1, -0.05) is 30.3 Å². The summed E-state index contributed by atoms with van der Waals surface area (Å²) in [6.45, 7) is 0.813. The molecule has 0 aliphatic carbocycles. The molecule has 0 amide bonds. The number of anilines is 1. The van der Waals surface area contributed by atoms with Crippen LogP contribution in [0.3, 0.4) is 0 Å². The van der Waals surface area contributed by atoms with Crippen LogP contribution in [0.2, 0.25) is 0 Å². The lowest BCUT2D eigenvalue weighted by atomic mass is 10.1. The van der Waals surface area contributed by atoms with Crippen LogP contribution in [0.5, 0.6) is 5.75 Å². The van der Waals surface area contributed by atoms with E-state index >= 15 is 0 Å². The first-order valence-electron chi connectivity index (χ1n) is 8.49. The van der Waals surface area contributed by atoms with Gasteiger partial charge in [0.15, 0.2) is 0 Å². The molecule has 0 spiro atoms. The predicted octanol–water partition coefficient (Wildman–Crippen LogP) is 5.02. The van der Waals surface area contributed by atoms with Gasteiger partial charge in [-0.05, 0) is 30.2 Å². The molecule has 4 rings (SSSR count). The van der Waals surface area contributed by atoms with Crippen molar-refractivity contribution in [2.75, 3.05) is 19.0 Å². The second kappa shape index (κ2) is 7.54. The van der Waals surface area contributed by atoms with Crippen LogP contribution >= 0.6 is 11.3 Å². The minimum absolute atomic E-state index is 0.813. The average molecular weight is 361 g/mol. The number of hydrogen-bond acceptors (Lipinski definition) is 5. The van der Waals surface area contributed by atoms with E-state index in [1.54, 1.807) is 24.8 Å². The summed E-state index contributed by atoms with van der Waals surface area (Å²) >= 11 is 1.74. The topological polar surface area (TPSA) is 47.0 Å². The maximum atomic E-state index is 5.19. The van der Waals surface area contributed by atoms with Crippen LogP contribution in [0, 0.1) is 0 Å². The summed E-state index contributed by atoms with van der Waals surface area (Å²) in [4.78, 5) is 8.81. The average Bonchev–Trinajstić information content (AvgIpc) is 3.13. The third kappa shape index (κ3) is 3.53. The van der Waals surface area contributed by atoms with Gasteiger partial charge in [0.2, 0.25) is 0 Å². The fourth-order valence-electron chi connectivity index (χ4n) is 2.90. The predicted molar refractivity (Wildman–Crippen MR) is 108 cm³/mol. The molecule has 1 N–H and O–H groups in total. The number of rotatable bonds is 6. The van der Waals surface area contributed by atoms with E-state index in [1.807, 2.05) is 18.2 Å².